The minimum Gasteiger partial charge on any atom is -0.507 e. The molecule has 0 bridgehead atoms. The minimum atomic E-state index is -0.602. The number of aromatic hydroxyl groups is 1. The van der Waals surface area contributed by atoms with Crippen LogP contribution in [-0.4, -0.2) is 11.0 Å². The van der Waals surface area contributed by atoms with Crippen LogP contribution in [0.5, 0.6) is 5.75 Å². The number of anilines is 1. The molecule has 0 saturated carbocycles. The molecule has 0 radical (unpaired) electrons. The summed E-state index contributed by atoms with van der Waals surface area (Å²) in [7, 11) is 0. The summed E-state index contributed by atoms with van der Waals surface area (Å²) >= 11 is 9.23. The van der Waals surface area contributed by atoms with Crippen molar-refractivity contribution in [1.29, 1.82) is 5.26 Å². The van der Waals surface area contributed by atoms with Crippen LogP contribution in [0, 0.1) is 11.3 Å². The van der Waals surface area contributed by atoms with Crippen LogP contribution in [-0.2, 0) is 4.79 Å². The van der Waals surface area contributed by atoms with Gasteiger partial charge in [0.2, 0.25) is 0 Å². The van der Waals surface area contributed by atoms with Gasteiger partial charge in [0.15, 0.2) is 0 Å². The number of amides is 1. The molecule has 1 amide bonds. The molecule has 0 aliphatic heterocycles. The Kier molecular flexibility index (Phi) is 5.21. The zero-order valence-electron chi connectivity index (χ0n) is 11.2. The summed E-state index contributed by atoms with van der Waals surface area (Å²) in [4.78, 5) is 12.1. The first kappa shape index (κ1) is 16.1. The van der Waals surface area contributed by atoms with Crippen LogP contribution in [0.1, 0.15) is 5.56 Å². The van der Waals surface area contributed by atoms with Crippen LogP contribution in [0.15, 0.2) is 52.5 Å². The van der Waals surface area contributed by atoms with E-state index in [0.29, 0.717) is 16.3 Å². The van der Waals surface area contributed by atoms with E-state index in [0.717, 1.165) is 4.47 Å². The number of phenolic OH excluding ortho intramolecular Hbond substituents is 1. The fourth-order valence-corrected chi connectivity index (χ4v) is 2.26. The summed E-state index contributed by atoms with van der Waals surface area (Å²) in [6.45, 7) is 0. The first-order chi connectivity index (χ1) is 10.5. The van der Waals surface area contributed by atoms with E-state index >= 15 is 0 Å². The largest absolute Gasteiger partial charge is 0.507 e. The van der Waals surface area contributed by atoms with E-state index in [1.54, 1.807) is 36.4 Å². The number of nitriles is 1. The zero-order chi connectivity index (χ0) is 16.1. The molecule has 0 aliphatic rings. The smallest absolute Gasteiger partial charge is 0.266 e. The Morgan fingerprint density at radius 2 is 2.05 bits per heavy atom. The number of hydrogen-bond acceptors (Lipinski definition) is 3. The molecule has 0 fully saturated rings. The third-order valence-electron chi connectivity index (χ3n) is 2.78. The van der Waals surface area contributed by atoms with Gasteiger partial charge in [-0.2, -0.15) is 5.26 Å². The molecular weight excluding hydrogens is 368 g/mol. The Labute approximate surface area is 140 Å². The number of rotatable bonds is 3. The summed E-state index contributed by atoms with van der Waals surface area (Å²) in [6, 6.07) is 13.3. The van der Waals surface area contributed by atoms with Gasteiger partial charge < -0.3 is 10.4 Å². The highest BCUT2D eigenvalue weighted by Crippen LogP contribution is 2.25. The molecule has 6 heteroatoms. The maximum atomic E-state index is 12.1. The first-order valence-electron chi connectivity index (χ1n) is 6.17. The average Bonchev–Trinajstić information content (AvgIpc) is 2.50. The van der Waals surface area contributed by atoms with E-state index in [1.807, 2.05) is 6.07 Å². The predicted molar refractivity (Wildman–Crippen MR) is 89.5 cm³/mol. The van der Waals surface area contributed by atoms with E-state index < -0.39 is 5.91 Å². The molecule has 0 unspecified atom stereocenters. The highest BCUT2D eigenvalue weighted by molar-refractivity contribution is 9.10. The number of phenols is 1. The molecule has 2 aromatic carbocycles. The second kappa shape index (κ2) is 7.12. The van der Waals surface area contributed by atoms with Gasteiger partial charge in [-0.3, -0.25) is 4.79 Å². The third-order valence-corrected chi connectivity index (χ3v) is 3.60. The molecule has 2 rings (SSSR count). The molecule has 0 saturated heterocycles. The number of hydrogen-bond donors (Lipinski definition) is 2. The summed E-state index contributed by atoms with van der Waals surface area (Å²) in [5, 5.41) is 21.9. The maximum absolute atomic E-state index is 12.1. The SMILES string of the molecule is N#CC(=Cc1cc(Br)ccc1O)C(=O)Nc1ccccc1Cl. The van der Waals surface area contributed by atoms with Crippen molar-refractivity contribution in [2.24, 2.45) is 0 Å². The minimum absolute atomic E-state index is 0.0264. The summed E-state index contributed by atoms with van der Waals surface area (Å²) in [6.07, 6.45) is 1.31. The molecule has 0 aliphatic carbocycles. The molecule has 22 heavy (non-hydrogen) atoms. The quantitative estimate of drug-likeness (QED) is 0.617. The van der Waals surface area contributed by atoms with Crippen molar-refractivity contribution in [2.45, 2.75) is 0 Å². The lowest BCUT2D eigenvalue weighted by molar-refractivity contribution is -0.112. The molecule has 110 valence electrons. The van der Waals surface area contributed by atoms with Crippen molar-refractivity contribution >= 4 is 45.2 Å². The molecule has 4 nitrogen and oxygen atoms in total. The van der Waals surface area contributed by atoms with E-state index in [-0.39, 0.29) is 11.3 Å². The topological polar surface area (TPSA) is 73.1 Å². The number of nitrogens with one attached hydrogen (secondary N) is 1. The molecule has 0 aromatic heterocycles. The standard InChI is InChI=1S/C16H10BrClN2O2/c17-12-5-6-15(21)10(8-12)7-11(9-19)16(22)20-14-4-2-1-3-13(14)18/h1-8,21H,(H,20,22). The number of halogens is 2. The van der Waals surface area contributed by atoms with Crippen LogP contribution >= 0.6 is 27.5 Å². The van der Waals surface area contributed by atoms with Gasteiger partial charge in [0.25, 0.3) is 5.91 Å². The number of benzene rings is 2. The number of para-hydroxylation sites is 1. The van der Waals surface area contributed by atoms with Crippen molar-refractivity contribution in [3.8, 4) is 11.8 Å². The number of nitrogens with zero attached hydrogens (tertiary/aromatic N) is 1. The lowest BCUT2D eigenvalue weighted by Crippen LogP contribution is -2.13. The van der Waals surface area contributed by atoms with Crippen molar-refractivity contribution < 1.29 is 9.90 Å². The van der Waals surface area contributed by atoms with Crippen molar-refractivity contribution in [3.05, 3.63) is 63.1 Å². The average molecular weight is 378 g/mol. The van der Waals surface area contributed by atoms with Gasteiger partial charge in [-0.05, 0) is 36.4 Å². The van der Waals surface area contributed by atoms with Crippen LogP contribution < -0.4 is 5.32 Å². The van der Waals surface area contributed by atoms with Gasteiger partial charge >= 0.3 is 0 Å². The molecule has 0 spiro atoms. The highest BCUT2D eigenvalue weighted by Gasteiger charge is 2.12. The molecular formula is C16H10BrClN2O2. The Balaban J connectivity index is 2.30. The van der Waals surface area contributed by atoms with Gasteiger partial charge in [-0.1, -0.05) is 39.7 Å². The van der Waals surface area contributed by atoms with Crippen LogP contribution in [0.3, 0.4) is 0 Å². The third kappa shape index (κ3) is 3.88. The van der Waals surface area contributed by atoms with Crippen molar-refractivity contribution in [2.75, 3.05) is 5.32 Å². The predicted octanol–water partition coefficient (Wildman–Crippen LogP) is 4.35. The maximum Gasteiger partial charge on any atom is 0.266 e. The Morgan fingerprint density at radius 3 is 2.73 bits per heavy atom. The molecule has 0 atom stereocenters. The van der Waals surface area contributed by atoms with E-state index in [2.05, 4.69) is 21.2 Å². The van der Waals surface area contributed by atoms with Crippen molar-refractivity contribution in [3.63, 3.8) is 0 Å². The summed E-state index contributed by atoms with van der Waals surface area (Å²) in [5.74, 6) is -0.628. The first-order valence-corrected chi connectivity index (χ1v) is 7.34. The van der Waals surface area contributed by atoms with E-state index in [4.69, 9.17) is 16.9 Å². The lowest BCUT2D eigenvalue weighted by atomic mass is 10.1. The molecule has 0 heterocycles. The Bertz CT molecular complexity index is 797. The van der Waals surface area contributed by atoms with Crippen LogP contribution in [0.4, 0.5) is 5.69 Å². The fraction of sp³-hybridized carbons (Fsp3) is 0. The zero-order valence-corrected chi connectivity index (χ0v) is 13.5. The number of carbonyl (C=O) groups excluding carboxylic acids is 1. The normalized spacial score (nSPS) is 10.9. The molecule has 2 N–H and O–H groups in total. The lowest BCUT2D eigenvalue weighted by Gasteiger charge is -2.06. The number of carbonyl (C=O) groups is 1. The Hall–Kier alpha value is -2.29. The fourth-order valence-electron chi connectivity index (χ4n) is 1.70. The second-order valence-corrected chi connectivity index (χ2v) is 5.63. The highest BCUT2D eigenvalue weighted by atomic mass is 79.9. The van der Waals surface area contributed by atoms with Gasteiger partial charge in [-0.25, -0.2) is 0 Å². The molecule has 2 aromatic rings. The summed E-state index contributed by atoms with van der Waals surface area (Å²) in [5.41, 5.74) is 0.627. The van der Waals surface area contributed by atoms with Crippen LogP contribution in [0.2, 0.25) is 5.02 Å². The summed E-state index contributed by atoms with van der Waals surface area (Å²) < 4.78 is 0.723. The van der Waals surface area contributed by atoms with E-state index in [1.165, 1.54) is 12.1 Å². The van der Waals surface area contributed by atoms with Gasteiger partial charge in [-0.15, -0.1) is 0 Å². The van der Waals surface area contributed by atoms with Crippen LogP contribution in [0.25, 0.3) is 6.08 Å². The van der Waals surface area contributed by atoms with Gasteiger partial charge in [0.1, 0.15) is 17.4 Å². The van der Waals surface area contributed by atoms with Crippen molar-refractivity contribution in [1.82, 2.24) is 0 Å². The second-order valence-electron chi connectivity index (χ2n) is 4.31. The Morgan fingerprint density at radius 1 is 1.32 bits per heavy atom. The van der Waals surface area contributed by atoms with Gasteiger partial charge in [0.05, 0.1) is 10.7 Å². The van der Waals surface area contributed by atoms with Gasteiger partial charge in [0, 0.05) is 10.0 Å². The van der Waals surface area contributed by atoms with E-state index in [9.17, 15) is 9.90 Å². The monoisotopic (exact) mass is 376 g/mol.